The first-order chi connectivity index (χ1) is 18.5. The number of hydrogen-bond acceptors (Lipinski definition) is 6. The molecule has 0 saturated carbocycles. The number of rotatable bonds is 6. The van der Waals surface area contributed by atoms with E-state index in [0.29, 0.717) is 22.4 Å². The van der Waals surface area contributed by atoms with E-state index in [1.54, 1.807) is 30.3 Å². The first-order valence-electron chi connectivity index (χ1n) is 12.4. The van der Waals surface area contributed by atoms with Crippen molar-refractivity contribution < 1.29 is 27.9 Å². The van der Waals surface area contributed by atoms with Crippen LogP contribution < -0.4 is 10.6 Å². The van der Waals surface area contributed by atoms with Gasteiger partial charge in [0.05, 0.1) is 5.52 Å². The van der Waals surface area contributed by atoms with Crippen LogP contribution in [-0.4, -0.2) is 72.9 Å². The number of carbonyl (C=O) groups is 2. The number of carboxylic acid groups (broad SMARTS) is 1. The van der Waals surface area contributed by atoms with E-state index in [1.165, 1.54) is 27.6 Å². The van der Waals surface area contributed by atoms with Crippen LogP contribution in [0.4, 0.5) is 18.0 Å². The third-order valence-electron chi connectivity index (χ3n) is 6.57. The standard InChI is InChI=1S/C26H26F3N7O3/c1-14(2)30-24(37)16-4-3-15-5-7-19(32-20(15)11-16)23-34-33-21-8-6-17(12-36(21)23)22(26(27,28)29)35-10-9-18(13-35)31-25(38)39/h3-8,11-12,14,18,22,31H,9-10,13H2,1-2H3,(H,30,37)(H,38,39)/t18-,22?/m0/s1. The fourth-order valence-electron chi connectivity index (χ4n) is 4.89. The second kappa shape index (κ2) is 10.1. The Morgan fingerprint density at radius 2 is 1.87 bits per heavy atom. The average molecular weight is 542 g/mol. The van der Waals surface area contributed by atoms with Gasteiger partial charge >= 0.3 is 12.3 Å². The highest BCUT2D eigenvalue weighted by Gasteiger charge is 2.47. The summed E-state index contributed by atoms with van der Waals surface area (Å²) < 4.78 is 44.3. The largest absolute Gasteiger partial charge is 0.465 e. The van der Waals surface area contributed by atoms with Crippen LogP contribution in [0.5, 0.6) is 0 Å². The molecule has 1 aromatic carbocycles. The van der Waals surface area contributed by atoms with E-state index in [-0.39, 0.29) is 42.8 Å². The Kier molecular flexibility index (Phi) is 6.85. The molecule has 0 aliphatic carbocycles. The molecule has 1 aliphatic rings. The van der Waals surface area contributed by atoms with Gasteiger partial charge in [-0.05, 0) is 50.1 Å². The number of halogens is 3. The predicted octanol–water partition coefficient (Wildman–Crippen LogP) is 4.03. The van der Waals surface area contributed by atoms with Crippen molar-refractivity contribution in [3.8, 4) is 11.5 Å². The molecule has 1 saturated heterocycles. The smallest absolute Gasteiger partial charge is 0.408 e. The minimum absolute atomic E-state index is 0.0274. The van der Waals surface area contributed by atoms with Gasteiger partial charge in [-0.2, -0.15) is 13.2 Å². The van der Waals surface area contributed by atoms with Gasteiger partial charge in [-0.15, -0.1) is 10.2 Å². The van der Waals surface area contributed by atoms with E-state index in [0.717, 1.165) is 5.39 Å². The van der Waals surface area contributed by atoms with Gasteiger partial charge in [0, 0.05) is 42.3 Å². The molecule has 1 aliphatic heterocycles. The van der Waals surface area contributed by atoms with Crippen molar-refractivity contribution >= 4 is 28.6 Å². The van der Waals surface area contributed by atoms with Crippen LogP contribution in [0.15, 0.2) is 48.7 Å². The molecule has 10 nitrogen and oxygen atoms in total. The SMILES string of the molecule is CC(C)NC(=O)c1ccc2ccc(-c3nnc4ccc(C(N5CC[C@H](NC(=O)O)C5)C(F)(F)F)cn34)nc2c1. The fourth-order valence-corrected chi connectivity index (χ4v) is 4.89. The molecule has 4 aromatic rings. The molecule has 5 rings (SSSR count). The Morgan fingerprint density at radius 3 is 2.59 bits per heavy atom. The summed E-state index contributed by atoms with van der Waals surface area (Å²) in [7, 11) is 0. The molecule has 3 N–H and O–H groups in total. The number of aromatic nitrogens is 4. The average Bonchev–Trinajstić information content (AvgIpc) is 3.48. The number of likely N-dealkylation sites (tertiary alicyclic amines) is 1. The second-order valence-electron chi connectivity index (χ2n) is 9.82. The van der Waals surface area contributed by atoms with E-state index < -0.39 is 24.4 Å². The van der Waals surface area contributed by atoms with E-state index in [9.17, 15) is 22.8 Å². The number of pyridine rings is 2. The minimum atomic E-state index is -4.60. The number of alkyl halides is 3. The van der Waals surface area contributed by atoms with Crippen LogP contribution in [0.1, 0.15) is 42.2 Å². The highest BCUT2D eigenvalue weighted by atomic mass is 19.4. The summed E-state index contributed by atoms with van der Waals surface area (Å²) in [5, 5.41) is 23.1. The topological polar surface area (TPSA) is 125 Å². The lowest BCUT2D eigenvalue weighted by Crippen LogP contribution is -2.40. The molecule has 1 fully saturated rings. The normalized spacial score (nSPS) is 17.1. The van der Waals surface area contributed by atoms with E-state index >= 15 is 0 Å². The monoisotopic (exact) mass is 541 g/mol. The number of nitrogens with one attached hydrogen (secondary N) is 2. The Morgan fingerprint density at radius 1 is 1.10 bits per heavy atom. The van der Waals surface area contributed by atoms with Crippen molar-refractivity contribution in [3.63, 3.8) is 0 Å². The summed E-state index contributed by atoms with van der Waals surface area (Å²) in [5.74, 6) is 0.0103. The molecule has 2 amide bonds. The lowest BCUT2D eigenvalue weighted by molar-refractivity contribution is -0.184. The van der Waals surface area contributed by atoms with Gasteiger partial charge in [-0.1, -0.05) is 18.2 Å². The predicted molar refractivity (Wildman–Crippen MR) is 136 cm³/mol. The Balaban J connectivity index is 1.51. The molecule has 13 heteroatoms. The van der Waals surface area contributed by atoms with E-state index in [1.807, 2.05) is 13.8 Å². The molecule has 0 radical (unpaired) electrons. The van der Waals surface area contributed by atoms with E-state index in [4.69, 9.17) is 5.11 Å². The summed E-state index contributed by atoms with van der Waals surface area (Å²) in [6.07, 6.45) is -4.25. The molecule has 3 aromatic heterocycles. The summed E-state index contributed by atoms with van der Waals surface area (Å²) in [5.41, 5.74) is 1.65. The maximum atomic E-state index is 14.3. The number of fused-ring (bicyclic) bond motifs is 2. The molecule has 0 bridgehead atoms. The van der Waals surface area contributed by atoms with Crippen molar-refractivity contribution in [1.82, 2.24) is 35.1 Å². The van der Waals surface area contributed by atoms with Gasteiger partial charge < -0.3 is 15.7 Å². The first-order valence-corrected chi connectivity index (χ1v) is 12.4. The Hall–Kier alpha value is -4.26. The summed E-state index contributed by atoms with van der Waals surface area (Å²) in [4.78, 5) is 29.3. The molecule has 4 heterocycles. The molecule has 2 atom stereocenters. The van der Waals surface area contributed by atoms with Crippen LogP contribution in [0.3, 0.4) is 0 Å². The van der Waals surface area contributed by atoms with Crippen molar-refractivity contribution in [3.05, 3.63) is 59.8 Å². The van der Waals surface area contributed by atoms with Crippen molar-refractivity contribution in [2.75, 3.05) is 13.1 Å². The van der Waals surface area contributed by atoms with Crippen LogP contribution in [-0.2, 0) is 0 Å². The third-order valence-corrected chi connectivity index (χ3v) is 6.57. The maximum Gasteiger partial charge on any atom is 0.408 e. The zero-order valence-electron chi connectivity index (χ0n) is 21.1. The molecular formula is C26H26F3N7O3. The van der Waals surface area contributed by atoms with Gasteiger partial charge in [-0.3, -0.25) is 14.1 Å². The first kappa shape index (κ1) is 26.4. The van der Waals surface area contributed by atoms with Crippen LogP contribution in [0.25, 0.3) is 28.1 Å². The zero-order valence-corrected chi connectivity index (χ0v) is 21.1. The number of carbonyl (C=O) groups excluding carboxylic acids is 1. The van der Waals surface area contributed by atoms with Gasteiger partial charge in [0.2, 0.25) is 0 Å². The number of amides is 2. The second-order valence-corrected chi connectivity index (χ2v) is 9.82. The van der Waals surface area contributed by atoms with E-state index in [2.05, 4.69) is 25.8 Å². The lowest BCUT2D eigenvalue weighted by atomic mass is 10.1. The summed E-state index contributed by atoms with van der Waals surface area (Å²) in [6, 6.07) is 8.88. The highest BCUT2D eigenvalue weighted by molar-refractivity contribution is 5.98. The molecule has 204 valence electrons. The van der Waals surface area contributed by atoms with Gasteiger partial charge in [-0.25, -0.2) is 9.78 Å². The van der Waals surface area contributed by atoms with Crippen LogP contribution in [0.2, 0.25) is 0 Å². The number of hydrogen-bond donors (Lipinski definition) is 3. The lowest BCUT2D eigenvalue weighted by Gasteiger charge is -2.30. The maximum absolute atomic E-state index is 14.3. The summed E-state index contributed by atoms with van der Waals surface area (Å²) >= 11 is 0. The molecule has 0 spiro atoms. The van der Waals surface area contributed by atoms with Gasteiger partial charge in [0.15, 0.2) is 11.5 Å². The number of nitrogens with zero attached hydrogens (tertiary/aromatic N) is 5. The van der Waals surface area contributed by atoms with Gasteiger partial charge in [0.25, 0.3) is 5.91 Å². The quantitative estimate of drug-likeness (QED) is 0.337. The molecule has 1 unspecified atom stereocenters. The number of benzene rings is 1. The highest BCUT2D eigenvalue weighted by Crippen LogP contribution is 2.39. The van der Waals surface area contributed by atoms with Crippen molar-refractivity contribution in [2.45, 2.75) is 44.6 Å². The van der Waals surface area contributed by atoms with Gasteiger partial charge in [0.1, 0.15) is 11.7 Å². The third kappa shape index (κ3) is 5.48. The molecule has 39 heavy (non-hydrogen) atoms. The summed E-state index contributed by atoms with van der Waals surface area (Å²) in [6.45, 7) is 3.74. The minimum Gasteiger partial charge on any atom is -0.465 e. The van der Waals surface area contributed by atoms with Crippen LogP contribution >= 0.6 is 0 Å². The fraction of sp³-hybridized carbons (Fsp3) is 0.346. The van der Waals surface area contributed by atoms with Crippen LogP contribution in [0, 0.1) is 0 Å². The zero-order chi connectivity index (χ0) is 27.9. The van der Waals surface area contributed by atoms with Crippen molar-refractivity contribution in [1.29, 1.82) is 0 Å². The Labute approximate surface area is 220 Å². The Bertz CT molecular complexity index is 1550. The molecular weight excluding hydrogens is 515 g/mol. The van der Waals surface area contributed by atoms with Crippen molar-refractivity contribution in [2.24, 2.45) is 0 Å².